The summed E-state index contributed by atoms with van der Waals surface area (Å²) < 4.78 is 9.75. The molecule has 0 aromatic carbocycles. The fraction of sp³-hybridized carbons (Fsp3) is 0.389. The monoisotopic (exact) mass is 544 g/mol. The van der Waals surface area contributed by atoms with Crippen LogP contribution in [0.1, 0.15) is 5.69 Å². The van der Waals surface area contributed by atoms with E-state index in [1.54, 1.807) is 0 Å². The van der Waals surface area contributed by atoms with E-state index in [9.17, 15) is 29.1 Å². The fourth-order valence-electron chi connectivity index (χ4n) is 3.05. The number of anilines is 1. The number of aromatic nitrogens is 1. The molecule has 0 aliphatic carbocycles. The van der Waals surface area contributed by atoms with E-state index in [0.717, 1.165) is 16.2 Å². The summed E-state index contributed by atoms with van der Waals surface area (Å²) in [5.41, 5.74) is 4.64. The number of nitrogens with zero attached hydrogens (tertiary/aromatic N) is 3. The maximum atomic E-state index is 12.9. The zero-order chi connectivity index (χ0) is 26.6. The highest BCUT2D eigenvalue weighted by Crippen LogP contribution is 2.40. The topological polar surface area (TPSA) is 232 Å². The number of amides is 3. The molecule has 3 amide bonds. The number of fused-ring (bicyclic) bond motifs is 1. The Balaban J connectivity index is 1.67. The second-order valence-electron chi connectivity index (χ2n) is 6.97. The predicted molar refractivity (Wildman–Crippen MR) is 123 cm³/mol. The standard InChI is InChI=1S/C18H20N6O10S2/c1-32-8-5-35-14-10(13(26)24(14)11(8)16(29)30)21-12(25)9(23-33-2)7-4-36-17(20-7)22-18(31)34-3-6(19)15(27)28/h4,6,10,14H,3,5,19H2,1-2H3,(H,21,25)(H,27,28)(H,29,30)(H,20,22,31)/b23-9+/t6-,10-,14-/m1/s1. The van der Waals surface area contributed by atoms with Crippen molar-refractivity contribution in [3.63, 3.8) is 0 Å². The number of ether oxygens (including phenoxy) is 2. The second kappa shape index (κ2) is 11.2. The smallest absolute Gasteiger partial charge is 0.413 e. The van der Waals surface area contributed by atoms with Crippen molar-refractivity contribution in [2.24, 2.45) is 10.9 Å². The normalized spacial score (nSPS) is 20.0. The first kappa shape index (κ1) is 26.7. The molecule has 1 aromatic rings. The first-order chi connectivity index (χ1) is 17.1. The Labute approximate surface area is 210 Å². The highest BCUT2D eigenvalue weighted by atomic mass is 32.2. The lowest BCUT2D eigenvalue weighted by molar-refractivity contribution is -0.150. The van der Waals surface area contributed by atoms with Gasteiger partial charge in [-0.05, 0) is 0 Å². The molecule has 0 unspecified atom stereocenters. The zero-order valence-electron chi connectivity index (χ0n) is 18.6. The van der Waals surface area contributed by atoms with Gasteiger partial charge in [-0.3, -0.25) is 24.6 Å². The zero-order valence-corrected chi connectivity index (χ0v) is 20.3. The summed E-state index contributed by atoms with van der Waals surface area (Å²) in [6.07, 6.45) is -1.02. The lowest BCUT2D eigenvalue weighted by atomic mass is 10.0. The minimum Gasteiger partial charge on any atom is -0.498 e. The summed E-state index contributed by atoms with van der Waals surface area (Å²) in [6.45, 7) is -0.575. The molecule has 1 fully saturated rings. The number of thiazole rings is 1. The van der Waals surface area contributed by atoms with Crippen LogP contribution in [0.4, 0.5) is 9.93 Å². The Bertz CT molecular complexity index is 1150. The number of carbonyl (C=O) groups excluding carboxylic acids is 3. The summed E-state index contributed by atoms with van der Waals surface area (Å²) in [7, 11) is 2.49. The number of thioether (sulfide) groups is 1. The largest absolute Gasteiger partial charge is 0.498 e. The van der Waals surface area contributed by atoms with Crippen LogP contribution >= 0.6 is 23.1 Å². The summed E-state index contributed by atoms with van der Waals surface area (Å²) in [6, 6.07) is -2.44. The van der Waals surface area contributed by atoms with E-state index in [1.807, 2.05) is 0 Å². The molecule has 1 saturated heterocycles. The molecule has 194 valence electrons. The SMILES string of the molecule is CO/N=C(/C(=O)N[C@@H]1C(=O)N2C(C(=O)O)=C(OC)CS[C@H]12)c1csc(NC(=O)OC[C@@H](N)C(=O)O)n1. The van der Waals surface area contributed by atoms with Crippen LogP contribution in [0, 0.1) is 0 Å². The molecular weight excluding hydrogens is 524 g/mol. The van der Waals surface area contributed by atoms with Gasteiger partial charge in [0.25, 0.3) is 11.8 Å². The van der Waals surface area contributed by atoms with E-state index in [4.69, 9.17) is 20.4 Å². The minimum atomic E-state index is -1.40. The van der Waals surface area contributed by atoms with Crippen molar-refractivity contribution in [2.75, 3.05) is 31.9 Å². The molecule has 0 saturated carbocycles. The molecule has 1 aromatic heterocycles. The van der Waals surface area contributed by atoms with Crippen LogP contribution in [0.5, 0.6) is 0 Å². The number of methoxy groups -OCH3 is 1. The van der Waals surface area contributed by atoms with Gasteiger partial charge in [-0.2, -0.15) is 0 Å². The van der Waals surface area contributed by atoms with Crippen LogP contribution in [-0.4, -0.2) is 99.7 Å². The molecule has 36 heavy (non-hydrogen) atoms. The number of carbonyl (C=O) groups is 5. The van der Waals surface area contributed by atoms with Gasteiger partial charge < -0.3 is 35.6 Å². The van der Waals surface area contributed by atoms with E-state index < -0.39 is 53.9 Å². The van der Waals surface area contributed by atoms with E-state index in [-0.39, 0.29) is 33.7 Å². The number of rotatable bonds is 10. The summed E-state index contributed by atoms with van der Waals surface area (Å²) in [5.74, 6) is -3.84. The van der Waals surface area contributed by atoms with Crippen molar-refractivity contribution in [3.8, 4) is 0 Å². The average molecular weight is 545 g/mol. The third-order valence-corrected chi connectivity index (χ3v) is 6.74. The van der Waals surface area contributed by atoms with Crippen LogP contribution in [0.25, 0.3) is 0 Å². The van der Waals surface area contributed by atoms with Crippen molar-refractivity contribution >= 4 is 63.8 Å². The van der Waals surface area contributed by atoms with Gasteiger partial charge in [0.05, 0.1) is 12.9 Å². The molecule has 0 bridgehead atoms. The van der Waals surface area contributed by atoms with Crippen molar-refractivity contribution in [2.45, 2.75) is 17.5 Å². The molecular formula is C18H20N6O10S2. The summed E-state index contributed by atoms with van der Waals surface area (Å²) >= 11 is 2.12. The first-order valence-electron chi connectivity index (χ1n) is 9.84. The van der Waals surface area contributed by atoms with Crippen molar-refractivity contribution in [1.82, 2.24) is 15.2 Å². The maximum Gasteiger partial charge on any atom is 0.413 e. The number of oxime groups is 1. The summed E-state index contributed by atoms with van der Waals surface area (Å²) in [4.78, 5) is 69.4. The first-order valence-corrected chi connectivity index (χ1v) is 11.8. The van der Waals surface area contributed by atoms with Gasteiger partial charge >= 0.3 is 18.0 Å². The maximum absolute atomic E-state index is 12.9. The molecule has 0 spiro atoms. The van der Waals surface area contributed by atoms with Crippen LogP contribution < -0.4 is 16.4 Å². The lowest BCUT2D eigenvalue weighted by Crippen LogP contribution is -2.71. The van der Waals surface area contributed by atoms with E-state index in [0.29, 0.717) is 0 Å². The second-order valence-corrected chi connectivity index (χ2v) is 8.93. The highest BCUT2D eigenvalue weighted by Gasteiger charge is 2.55. The van der Waals surface area contributed by atoms with Crippen molar-refractivity contribution < 1.29 is 48.5 Å². The third kappa shape index (κ3) is 5.50. The van der Waals surface area contributed by atoms with Crippen LogP contribution in [0.2, 0.25) is 0 Å². The third-order valence-electron chi connectivity index (χ3n) is 4.73. The van der Waals surface area contributed by atoms with E-state index in [1.165, 1.54) is 31.4 Å². The van der Waals surface area contributed by atoms with Gasteiger partial charge in [0.1, 0.15) is 42.6 Å². The summed E-state index contributed by atoms with van der Waals surface area (Å²) in [5, 5.41) is 27.3. The molecule has 3 atom stereocenters. The van der Waals surface area contributed by atoms with Gasteiger partial charge in [0.2, 0.25) is 0 Å². The molecule has 3 heterocycles. The quantitative estimate of drug-likeness (QED) is 0.132. The number of hydrogen-bond acceptors (Lipinski definition) is 13. The van der Waals surface area contributed by atoms with Gasteiger partial charge in [-0.1, -0.05) is 5.16 Å². The highest BCUT2D eigenvalue weighted by molar-refractivity contribution is 8.00. The number of nitrogens with two attached hydrogens (primary N) is 1. The van der Waals surface area contributed by atoms with Gasteiger partial charge in [-0.15, -0.1) is 23.1 Å². The molecule has 16 nitrogen and oxygen atoms in total. The predicted octanol–water partition coefficient (Wildman–Crippen LogP) is -1.20. The Morgan fingerprint density at radius 3 is 2.67 bits per heavy atom. The molecule has 2 aliphatic heterocycles. The van der Waals surface area contributed by atoms with Gasteiger partial charge in [0.15, 0.2) is 16.5 Å². The number of hydrogen-bond donors (Lipinski definition) is 5. The van der Waals surface area contributed by atoms with Crippen LogP contribution in [0.3, 0.4) is 0 Å². The van der Waals surface area contributed by atoms with E-state index in [2.05, 4.69) is 25.5 Å². The lowest BCUT2D eigenvalue weighted by Gasteiger charge is -2.48. The van der Waals surface area contributed by atoms with Crippen molar-refractivity contribution in [3.05, 3.63) is 22.5 Å². The Morgan fingerprint density at radius 1 is 1.33 bits per heavy atom. The number of β-lactam (4-membered cyclic amide) rings is 1. The molecule has 3 rings (SSSR count). The minimum absolute atomic E-state index is 0.00689. The Kier molecular flexibility index (Phi) is 8.33. The van der Waals surface area contributed by atoms with Crippen LogP contribution in [0.15, 0.2) is 22.0 Å². The number of aliphatic carboxylic acids is 2. The Morgan fingerprint density at radius 2 is 2.06 bits per heavy atom. The van der Waals surface area contributed by atoms with Crippen molar-refractivity contribution in [1.29, 1.82) is 0 Å². The van der Waals surface area contributed by atoms with E-state index >= 15 is 0 Å². The molecule has 2 aliphatic rings. The number of carboxylic acids is 2. The number of nitrogens with one attached hydrogen (secondary N) is 2. The fourth-order valence-corrected chi connectivity index (χ4v) is 5.05. The molecule has 18 heteroatoms. The Hall–Kier alpha value is -3.90. The molecule has 0 radical (unpaired) electrons. The number of carboxylic acid groups (broad SMARTS) is 2. The van der Waals surface area contributed by atoms with Gasteiger partial charge in [0, 0.05) is 5.38 Å². The average Bonchev–Trinajstić information content (AvgIpc) is 3.30. The van der Waals surface area contributed by atoms with Gasteiger partial charge in [-0.25, -0.2) is 14.6 Å². The molecule has 6 N–H and O–H groups in total. The van der Waals surface area contributed by atoms with Crippen LogP contribution in [-0.2, 0) is 33.5 Å².